The van der Waals surface area contributed by atoms with E-state index < -0.39 is 23.5 Å². The monoisotopic (exact) mass is 323 g/mol. The topological polar surface area (TPSA) is 59.2 Å². The van der Waals surface area contributed by atoms with E-state index in [1.807, 2.05) is 0 Å². The van der Waals surface area contributed by atoms with Crippen LogP contribution in [0.3, 0.4) is 0 Å². The number of hydrogen-bond donors (Lipinski definition) is 1. The Kier molecular flexibility index (Phi) is 5.46. The maximum Gasteiger partial charge on any atom is 0.310 e. The average molecular weight is 324 g/mol. The summed E-state index contributed by atoms with van der Waals surface area (Å²) in [6, 6.07) is 1.05. The molecular formula is C11H12BrF2NO3. The third-order valence-electron chi connectivity index (χ3n) is 2.25. The van der Waals surface area contributed by atoms with Crippen molar-refractivity contribution in [1.29, 1.82) is 0 Å². The Morgan fingerprint density at radius 3 is 2.72 bits per heavy atom. The first kappa shape index (κ1) is 14.8. The molecule has 0 aliphatic rings. The molecule has 0 fully saturated rings. The maximum absolute atomic E-state index is 12.6. The number of alkyl halides is 3. The van der Waals surface area contributed by atoms with Crippen molar-refractivity contribution in [3.63, 3.8) is 0 Å². The van der Waals surface area contributed by atoms with Gasteiger partial charge in [-0.25, -0.2) is 8.78 Å². The Balaban J connectivity index is 3.12. The van der Waals surface area contributed by atoms with Gasteiger partial charge in [0.15, 0.2) is 0 Å². The first-order valence-electron chi connectivity index (χ1n) is 5.24. The fourth-order valence-corrected chi connectivity index (χ4v) is 1.94. The number of nitrogens with one attached hydrogen (secondary N) is 1. The Bertz CT molecular complexity index is 488. The molecule has 0 saturated carbocycles. The molecule has 0 aliphatic heterocycles. The van der Waals surface area contributed by atoms with Crippen LogP contribution in [0, 0.1) is 0 Å². The Morgan fingerprint density at radius 2 is 2.22 bits per heavy atom. The van der Waals surface area contributed by atoms with Crippen molar-refractivity contribution in [2.45, 2.75) is 25.1 Å². The van der Waals surface area contributed by atoms with Crippen molar-refractivity contribution in [3.8, 4) is 0 Å². The zero-order chi connectivity index (χ0) is 13.7. The van der Waals surface area contributed by atoms with Gasteiger partial charge in [-0.05, 0) is 18.6 Å². The number of halogens is 3. The number of pyridine rings is 1. The molecule has 0 amide bonds. The smallest absolute Gasteiger partial charge is 0.310 e. The summed E-state index contributed by atoms with van der Waals surface area (Å²) in [5.41, 5.74) is -0.747. The highest BCUT2D eigenvalue weighted by Crippen LogP contribution is 2.18. The van der Waals surface area contributed by atoms with Gasteiger partial charge >= 0.3 is 5.97 Å². The summed E-state index contributed by atoms with van der Waals surface area (Å²) in [5, 5.41) is 0.264. The molecule has 4 nitrogen and oxygen atoms in total. The number of aromatic amines is 1. The van der Waals surface area contributed by atoms with Crippen LogP contribution in [0.2, 0.25) is 0 Å². The highest BCUT2D eigenvalue weighted by atomic mass is 79.9. The van der Waals surface area contributed by atoms with Crippen LogP contribution in [0.15, 0.2) is 10.9 Å². The van der Waals surface area contributed by atoms with Gasteiger partial charge in [-0.1, -0.05) is 15.9 Å². The van der Waals surface area contributed by atoms with Gasteiger partial charge in [-0.15, -0.1) is 0 Å². The van der Waals surface area contributed by atoms with Gasteiger partial charge in [0.25, 0.3) is 12.0 Å². The van der Waals surface area contributed by atoms with Gasteiger partial charge < -0.3 is 9.72 Å². The lowest BCUT2D eigenvalue weighted by atomic mass is 10.1. The SMILES string of the molecule is CCOC(=O)Cc1cc(C(F)F)c(=O)[nH]c1CBr. The van der Waals surface area contributed by atoms with Crippen molar-refractivity contribution < 1.29 is 18.3 Å². The van der Waals surface area contributed by atoms with E-state index in [1.165, 1.54) is 0 Å². The molecule has 1 aromatic heterocycles. The number of ether oxygens (including phenoxy) is 1. The van der Waals surface area contributed by atoms with Crippen LogP contribution in [0.25, 0.3) is 0 Å². The van der Waals surface area contributed by atoms with Crippen molar-refractivity contribution in [2.24, 2.45) is 0 Å². The van der Waals surface area contributed by atoms with E-state index >= 15 is 0 Å². The van der Waals surface area contributed by atoms with Crippen LogP contribution in [-0.4, -0.2) is 17.6 Å². The summed E-state index contributed by atoms with van der Waals surface area (Å²) in [6.45, 7) is 1.87. The van der Waals surface area contributed by atoms with E-state index in [0.29, 0.717) is 11.3 Å². The molecule has 7 heteroatoms. The van der Waals surface area contributed by atoms with Crippen molar-refractivity contribution >= 4 is 21.9 Å². The number of H-pyrrole nitrogens is 1. The van der Waals surface area contributed by atoms with Crippen LogP contribution >= 0.6 is 15.9 Å². The number of aromatic nitrogens is 1. The first-order chi connectivity index (χ1) is 8.49. The summed E-state index contributed by atoms with van der Waals surface area (Å²) in [5.74, 6) is -0.521. The third-order valence-corrected chi connectivity index (χ3v) is 2.81. The van der Waals surface area contributed by atoms with E-state index in [-0.39, 0.29) is 18.4 Å². The van der Waals surface area contributed by atoms with Crippen molar-refractivity contribution in [3.05, 3.63) is 33.2 Å². The second kappa shape index (κ2) is 6.63. The molecule has 1 heterocycles. The van der Waals surface area contributed by atoms with E-state index in [2.05, 4.69) is 20.9 Å². The summed E-state index contributed by atoms with van der Waals surface area (Å²) in [7, 11) is 0. The highest BCUT2D eigenvalue weighted by molar-refractivity contribution is 9.08. The minimum absolute atomic E-state index is 0.148. The standard InChI is InChI=1S/C11H12BrF2NO3/c1-2-18-9(16)4-6-3-7(10(13)14)11(17)15-8(6)5-12/h3,10H,2,4-5H2,1H3,(H,15,17). The minimum Gasteiger partial charge on any atom is -0.466 e. The van der Waals surface area contributed by atoms with E-state index in [0.717, 1.165) is 6.07 Å². The van der Waals surface area contributed by atoms with Gasteiger partial charge in [0.1, 0.15) is 0 Å². The molecule has 1 N–H and O–H groups in total. The van der Waals surface area contributed by atoms with Gasteiger partial charge in [0.2, 0.25) is 0 Å². The fraction of sp³-hybridized carbons (Fsp3) is 0.455. The van der Waals surface area contributed by atoms with Crippen LogP contribution in [-0.2, 0) is 21.3 Å². The number of rotatable bonds is 5. The lowest BCUT2D eigenvalue weighted by Crippen LogP contribution is -2.19. The molecule has 0 bridgehead atoms. The predicted octanol–water partition coefficient (Wildman–Crippen LogP) is 2.31. The third kappa shape index (κ3) is 3.63. The Labute approximate surface area is 110 Å². The Hall–Kier alpha value is -1.24. The van der Waals surface area contributed by atoms with Crippen molar-refractivity contribution in [1.82, 2.24) is 4.98 Å². The lowest BCUT2D eigenvalue weighted by Gasteiger charge is -2.09. The average Bonchev–Trinajstić information content (AvgIpc) is 2.30. The quantitative estimate of drug-likeness (QED) is 0.668. The minimum atomic E-state index is -2.88. The van der Waals surface area contributed by atoms with E-state index in [1.54, 1.807) is 6.92 Å². The maximum atomic E-state index is 12.6. The van der Waals surface area contributed by atoms with Crippen LogP contribution in [0.5, 0.6) is 0 Å². The molecule has 0 unspecified atom stereocenters. The number of hydrogen-bond acceptors (Lipinski definition) is 3. The molecular weight excluding hydrogens is 312 g/mol. The van der Waals surface area contributed by atoms with E-state index in [4.69, 9.17) is 4.74 Å². The molecule has 0 aromatic carbocycles. The molecule has 100 valence electrons. The number of carbonyl (C=O) groups is 1. The second-order valence-electron chi connectivity index (χ2n) is 3.47. The van der Waals surface area contributed by atoms with E-state index in [9.17, 15) is 18.4 Å². The number of esters is 1. The molecule has 18 heavy (non-hydrogen) atoms. The molecule has 0 aliphatic carbocycles. The number of carbonyl (C=O) groups excluding carboxylic acids is 1. The van der Waals surface area contributed by atoms with Crippen LogP contribution in [0.4, 0.5) is 8.78 Å². The van der Waals surface area contributed by atoms with Crippen LogP contribution < -0.4 is 5.56 Å². The predicted molar refractivity (Wildman–Crippen MR) is 65.0 cm³/mol. The zero-order valence-electron chi connectivity index (χ0n) is 9.63. The Morgan fingerprint density at radius 1 is 1.56 bits per heavy atom. The van der Waals surface area contributed by atoms with Crippen molar-refractivity contribution in [2.75, 3.05) is 6.61 Å². The van der Waals surface area contributed by atoms with Gasteiger partial charge in [-0.2, -0.15) is 0 Å². The largest absolute Gasteiger partial charge is 0.466 e. The molecule has 0 spiro atoms. The van der Waals surface area contributed by atoms with Gasteiger partial charge in [0.05, 0.1) is 18.6 Å². The molecule has 0 atom stereocenters. The highest BCUT2D eigenvalue weighted by Gasteiger charge is 2.17. The van der Waals surface area contributed by atoms with Gasteiger partial charge in [-0.3, -0.25) is 9.59 Å². The van der Waals surface area contributed by atoms with Gasteiger partial charge in [0, 0.05) is 11.0 Å². The summed E-state index contributed by atoms with van der Waals surface area (Å²) >= 11 is 3.12. The molecule has 0 radical (unpaired) electrons. The fourth-order valence-electron chi connectivity index (χ4n) is 1.44. The first-order valence-corrected chi connectivity index (χ1v) is 6.36. The van der Waals surface area contributed by atoms with Crippen LogP contribution in [0.1, 0.15) is 30.2 Å². The summed E-state index contributed by atoms with van der Waals surface area (Å²) in [6.07, 6.45) is -3.02. The molecule has 1 aromatic rings. The zero-order valence-corrected chi connectivity index (χ0v) is 11.2. The molecule has 1 rings (SSSR count). The second-order valence-corrected chi connectivity index (χ2v) is 4.03. The lowest BCUT2D eigenvalue weighted by molar-refractivity contribution is -0.142. The summed E-state index contributed by atoms with van der Waals surface area (Å²) in [4.78, 5) is 25.0. The summed E-state index contributed by atoms with van der Waals surface area (Å²) < 4.78 is 29.9. The normalized spacial score (nSPS) is 10.7. The molecule has 0 saturated heterocycles.